The van der Waals surface area contributed by atoms with Gasteiger partial charge in [0.05, 0.1) is 5.52 Å². The van der Waals surface area contributed by atoms with Crippen molar-refractivity contribution in [1.82, 2.24) is 15.0 Å². The van der Waals surface area contributed by atoms with Gasteiger partial charge in [0.1, 0.15) is 5.52 Å². The molecule has 21 heavy (non-hydrogen) atoms. The Bertz CT molecular complexity index is 844. The Balaban J connectivity index is 1.91. The van der Waals surface area contributed by atoms with Crippen LogP contribution in [0.5, 0.6) is 0 Å². The monoisotopic (exact) mass is 320 g/mol. The van der Waals surface area contributed by atoms with Crippen molar-refractivity contribution < 1.29 is 4.79 Å². The van der Waals surface area contributed by atoms with Crippen LogP contribution in [0.15, 0.2) is 36.4 Å². The quantitative estimate of drug-likeness (QED) is 0.733. The van der Waals surface area contributed by atoms with Gasteiger partial charge in [-0.15, -0.1) is 5.10 Å². The predicted octanol–water partition coefficient (Wildman–Crippen LogP) is 4.13. The predicted molar refractivity (Wildman–Crippen MR) is 83.1 cm³/mol. The van der Waals surface area contributed by atoms with Gasteiger partial charge in [0.25, 0.3) is 0 Å². The van der Waals surface area contributed by atoms with Crippen molar-refractivity contribution in [2.75, 3.05) is 5.32 Å². The van der Waals surface area contributed by atoms with Crippen molar-refractivity contribution in [3.8, 4) is 0 Å². The van der Waals surface area contributed by atoms with E-state index in [9.17, 15) is 4.79 Å². The molecule has 3 rings (SSSR count). The van der Waals surface area contributed by atoms with Crippen molar-refractivity contribution in [3.05, 3.63) is 52.0 Å². The van der Waals surface area contributed by atoms with Crippen molar-refractivity contribution in [3.63, 3.8) is 0 Å². The molecule has 0 fully saturated rings. The van der Waals surface area contributed by atoms with Crippen LogP contribution in [-0.2, 0) is 0 Å². The molecule has 0 aliphatic carbocycles. The lowest BCUT2D eigenvalue weighted by Gasteiger charge is -2.06. The highest BCUT2D eigenvalue weighted by atomic mass is 35.5. The molecule has 2 aromatic carbocycles. The Morgan fingerprint density at radius 3 is 2.76 bits per heavy atom. The van der Waals surface area contributed by atoms with E-state index in [2.05, 4.69) is 15.6 Å². The number of carbonyl (C=O) groups excluding carboxylic acids is 1. The summed E-state index contributed by atoms with van der Waals surface area (Å²) in [7, 11) is 0. The van der Waals surface area contributed by atoms with Gasteiger partial charge in [-0.05, 0) is 42.8 Å². The topological polar surface area (TPSA) is 59.8 Å². The molecular formula is C14H10Cl2N4O. The van der Waals surface area contributed by atoms with Gasteiger partial charge in [-0.25, -0.2) is 4.79 Å². The third-order valence-electron chi connectivity index (χ3n) is 3.02. The fourth-order valence-electron chi connectivity index (χ4n) is 1.89. The van der Waals surface area contributed by atoms with E-state index in [1.165, 1.54) is 4.68 Å². The van der Waals surface area contributed by atoms with E-state index < -0.39 is 6.03 Å². The number of carbonyl (C=O) groups is 1. The lowest BCUT2D eigenvalue weighted by atomic mass is 10.2. The van der Waals surface area contributed by atoms with Crippen LogP contribution in [-0.4, -0.2) is 21.0 Å². The molecule has 0 atom stereocenters. The van der Waals surface area contributed by atoms with Gasteiger partial charge in [0.2, 0.25) is 0 Å². The van der Waals surface area contributed by atoms with Crippen LogP contribution < -0.4 is 5.32 Å². The SMILES string of the molecule is Cc1ccc(NC(=O)n2nnc3cc(Cl)ccc32)cc1Cl. The summed E-state index contributed by atoms with van der Waals surface area (Å²) >= 11 is 11.9. The van der Waals surface area contributed by atoms with Crippen LogP contribution in [0.3, 0.4) is 0 Å². The number of halogens is 2. The normalized spacial score (nSPS) is 10.8. The molecule has 7 heteroatoms. The van der Waals surface area contributed by atoms with E-state index in [1.54, 1.807) is 30.3 Å². The summed E-state index contributed by atoms with van der Waals surface area (Å²) in [6.45, 7) is 1.89. The first-order valence-electron chi connectivity index (χ1n) is 6.13. The molecule has 0 saturated heterocycles. The molecule has 0 aliphatic heterocycles. The molecule has 5 nitrogen and oxygen atoms in total. The highest BCUT2D eigenvalue weighted by Gasteiger charge is 2.12. The zero-order valence-electron chi connectivity index (χ0n) is 11.0. The number of fused-ring (bicyclic) bond motifs is 1. The Morgan fingerprint density at radius 2 is 2.00 bits per heavy atom. The molecule has 0 aliphatic rings. The number of anilines is 1. The van der Waals surface area contributed by atoms with Gasteiger partial charge < -0.3 is 5.32 Å². The molecular weight excluding hydrogens is 311 g/mol. The van der Waals surface area contributed by atoms with Gasteiger partial charge in [0.15, 0.2) is 0 Å². The van der Waals surface area contributed by atoms with Gasteiger partial charge in [-0.3, -0.25) is 0 Å². The second kappa shape index (κ2) is 5.35. The van der Waals surface area contributed by atoms with Crippen molar-refractivity contribution in [2.24, 2.45) is 0 Å². The number of hydrogen-bond donors (Lipinski definition) is 1. The largest absolute Gasteiger partial charge is 0.348 e. The molecule has 0 bridgehead atoms. The minimum atomic E-state index is -0.417. The average Bonchev–Trinajstić information content (AvgIpc) is 2.85. The number of nitrogens with zero attached hydrogens (tertiary/aromatic N) is 3. The molecule has 0 spiro atoms. The number of aryl methyl sites for hydroxylation is 1. The fraction of sp³-hybridized carbons (Fsp3) is 0.0714. The van der Waals surface area contributed by atoms with Crippen LogP contribution in [0.1, 0.15) is 5.56 Å². The molecule has 1 amide bonds. The van der Waals surface area contributed by atoms with Gasteiger partial charge in [0, 0.05) is 15.7 Å². The van der Waals surface area contributed by atoms with Crippen LogP contribution in [0.4, 0.5) is 10.5 Å². The first-order chi connectivity index (χ1) is 10.0. The molecule has 1 aromatic heterocycles. The summed E-state index contributed by atoms with van der Waals surface area (Å²) in [6.07, 6.45) is 0. The van der Waals surface area contributed by atoms with E-state index in [-0.39, 0.29) is 0 Å². The lowest BCUT2D eigenvalue weighted by Crippen LogP contribution is -2.20. The number of rotatable bonds is 1. The van der Waals surface area contributed by atoms with Crippen molar-refractivity contribution >= 4 is 46.0 Å². The number of hydrogen-bond acceptors (Lipinski definition) is 3. The summed E-state index contributed by atoms with van der Waals surface area (Å²) in [5.74, 6) is 0. The summed E-state index contributed by atoms with van der Waals surface area (Å²) in [6, 6.07) is 9.90. The zero-order valence-corrected chi connectivity index (χ0v) is 12.5. The summed E-state index contributed by atoms with van der Waals surface area (Å²) in [4.78, 5) is 12.2. The highest BCUT2D eigenvalue weighted by molar-refractivity contribution is 6.31. The average molecular weight is 321 g/mol. The molecule has 106 valence electrons. The Labute approximate surface area is 130 Å². The number of aromatic nitrogens is 3. The smallest absolute Gasteiger partial charge is 0.306 e. The highest BCUT2D eigenvalue weighted by Crippen LogP contribution is 2.21. The second-order valence-electron chi connectivity index (χ2n) is 4.53. The van der Waals surface area contributed by atoms with Gasteiger partial charge >= 0.3 is 6.03 Å². The molecule has 0 unspecified atom stereocenters. The van der Waals surface area contributed by atoms with Crippen molar-refractivity contribution in [2.45, 2.75) is 6.92 Å². The van der Waals surface area contributed by atoms with Crippen molar-refractivity contribution in [1.29, 1.82) is 0 Å². The fourth-order valence-corrected chi connectivity index (χ4v) is 2.24. The second-order valence-corrected chi connectivity index (χ2v) is 5.37. The van der Waals surface area contributed by atoms with Crippen LogP contribution in [0.2, 0.25) is 10.0 Å². The standard InChI is InChI=1S/C14H10Cl2N4O/c1-8-2-4-10(7-11(8)16)17-14(21)20-13-5-3-9(15)6-12(13)18-19-20/h2-7H,1H3,(H,17,21). The van der Waals surface area contributed by atoms with Gasteiger partial charge in [-0.2, -0.15) is 4.68 Å². The minimum Gasteiger partial charge on any atom is -0.306 e. The van der Waals surface area contributed by atoms with E-state index in [0.29, 0.717) is 26.8 Å². The number of nitrogens with one attached hydrogen (secondary N) is 1. The summed E-state index contributed by atoms with van der Waals surface area (Å²) in [5.41, 5.74) is 2.67. The Kier molecular flexibility index (Phi) is 3.53. The Morgan fingerprint density at radius 1 is 1.19 bits per heavy atom. The minimum absolute atomic E-state index is 0.417. The molecule has 1 heterocycles. The van der Waals surface area contributed by atoms with Crippen LogP contribution in [0.25, 0.3) is 11.0 Å². The van der Waals surface area contributed by atoms with Crippen LogP contribution >= 0.6 is 23.2 Å². The number of amides is 1. The first kappa shape index (κ1) is 13.9. The third kappa shape index (κ3) is 2.70. The van der Waals surface area contributed by atoms with E-state index in [0.717, 1.165) is 5.56 Å². The lowest BCUT2D eigenvalue weighted by molar-refractivity contribution is 0.251. The molecule has 0 radical (unpaired) electrons. The van der Waals surface area contributed by atoms with E-state index in [1.807, 2.05) is 13.0 Å². The third-order valence-corrected chi connectivity index (χ3v) is 3.67. The maximum absolute atomic E-state index is 12.2. The first-order valence-corrected chi connectivity index (χ1v) is 6.88. The molecule has 3 aromatic rings. The summed E-state index contributed by atoms with van der Waals surface area (Å²) < 4.78 is 1.18. The molecule has 0 saturated carbocycles. The van der Waals surface area contributed by atoms with E-state index >= 15 is 0 Å². The number of benzene rings is 2. The Hall–Kier alpha value is -2.11. The molecule has 1 N–H and O–H groups in total. The van der Waals surface area contributed by atoms with Crippen LogP contribution in [0, 0.1) is 6.92 Å². The van der Waals surface area contributed by atoms with Gasteiger partial charge in [-0.1, -0.05) is 34.5 Å². The van der Waals surface area contributed by atoms with E-state index in [4.69, 9.17) is 23.2 Å². The maximum atomic E-state index is 12.2. The zero-order chi connectivity index (χ0) is 15.0. The maximum Gasteiger partial charge on any atom is 0.348 e. The summed E-state index contributed by atoms with van der Waals surface area (Å²) in [5, 5.41) is 11.6.